The predicted molar refractivity (Wildman–Crippen MR) is 48.1 cm³/mol. The molecule has 0 radical (unpaired) electrons. The van der Waals surface area contributed by atoms with Gasteiger partial charge < -0.3 is 5.73 Å². The first-order valence-electron chi connectivity index (χ1n) is 2.94. The number of hydrogen-bond donors (Lipinski definition) is 1. The molecule has 2 N–H and O–H groups in total. The minimum Gasteiger partial charge on any atom is -0.398 e. The molecular formula is C7H7Cl2F2N. The lowest BCUT2D eigenvalue weighted by Gasteiger charge is -2.01. The lowest BCUT2D eigenvalue weighted by atomic mass is 10.2. The van der Waals surface area contributed by atoms with E-state index in [1.807, 2.05) is 0 Å². The fourth-order valence-electron chi connectivity index (χ4n) is 0.698. The molecule has 5 heteroatoms. The van der Waals surface area contributed by atoms with Crippen molar-refractivity contribution in [3.05, 3.63) is 28.8 Å². The molecule has 1 aromatic rings. The van der Waals surface area contributed by atoms with E-state index in [1.165, 1.54) is 18.2 Å². The predicted octanol–water partition coefficient (Wildman–Crippen LogP) is 3.28. The summed E-state index contributed by atoms with van der Waals surface area (Å²) in [6.45, 7) is 0. The zero-order valence-electron chi connectivity index (χ0n) is 5.93. The highest BCUT2D eigenvalue weighted by molar-refractivity contribution is 6.33. The summed E-state index contributed by atoms with van der Waals surface area (Å²) in [5.41, 5.74) is 5.37. The van der Waals surface area contributed by atoms with Crippen LogP contribution in [0.1, 0.15) is 12.0 Å². The van der Waals surface area contributed by atoms with Gasteiger partial charge in [-0.15, -0.1) is 12.4 Å². The number of benzene rings is 1. The monoisotopic (exact) mass is 213 g/mol. The van der Waals surface area contributed by atoms with Crippen molar-refractivity contribution in [2.75, 3.05) is 5.73 Å². The van der Waals surface area contributed by atoms with Crippen LogP contribution in [0.5, 0.6) is 0 Å². The maximum atomic E-state index is 12.0. The standard InChI is InChI=1S/C7H6ClF2N.ClH/c8-5-2-1-4(7(9)10)3-6(5)11;/h1-3,7H,11H2;1H. The van der Waals surface area contributed by atoms with Gasteiger partial charge in [0.05, 0.1) is 10.7 Å². The van der Waals surface area contributed by atoms with Crippen molar-refractivity contribution in [2.24, 2.45) is 0 Å². The Morgan fingerprint density at radius 1 is 1.33 bits per heavy atom. The lowest BCUT2D eigenvalue weighted by Crippen LogP contribution is -1.89. The lowest BCUT2D eigenvalue weighted by molar-refractivity contribution is 0.151. The van der Waals surface area contributed by atoms with Crippen LogP contribution in [-0.4, -0.2) is 0 Å². The van der Waals surface area contributed by atoms with Crippen molar-refractivity contribution < 1.29 is 8.78 Å². The second-order valence-electron chi connectivity index (χ2n) is 2.08. The van der Waals surface area contributed by atoms with E-state index in [9.17, 15) is 8.78 Å². The van der Waals surface area contributed by atoms with Gasteiger partial charge in [0.15, 0.2) is 0 Å². The van der Waals surface area contributed by atoms with Gasteiger partial charge in [-0.05, 0) is 12.1 Å². The van der Waals surface area contributed by atoms with Gasteiger partial charge in [0.1, 0.15) is 0 Å². The van der Waals surface area contributed by atoms with Crippen LogP contribution in [0.15, 0.2) is 18.2 Å². The summed E-state index contributed by atoms with van der Waals surface area (Å²) < 4.78 is 24.0. The summed E-state index contributed by atoms with van der Waals surface area (Å²) in [6.07, 6.45) is -2.49. The molecule has 0 aliphatic heterocycles. The van der Waals surface area contributed by atoms with Gasteiger partial charge >= 0.3 is 0 Å². The van der Waals surface area contributed by atoms with Gasteiger partial charge in [-0.3, -0.25) is 0 Å². The summed E-state index contributed by atoms with van der Waals surface area (Å²) >= 11 is 5.52. The Morgan fingerprint density at radius 2 is 1.92 bits per heavy atom. The Hall–Kier alpha value is -0.540. The number of rotatable bonds is 1. The zero-order chi connectivity index (χ0) is 8.43. The Morgan fingerprint density at radius 3 is 2.33 bits per heavy atom. The van der Waals surface area contributed by atoms with E-state index in [0.29, 0.717) is 5.02 Å². The molecular weight excluding hydrogens is 207 g/mol. The molecule has 1 nitrogen and oxygen atoms in total. The van der Waals surface area contributed by atoms with Crippen LogP contribution in [0.2, 0.25) is 5.02 Å². The third-order valence-electron chi connectivity index (χ3n) is 1.27. The van der Waals surface area contributed by atoms with E-state index in [1.54, 1.807) is 0 Å². The first kappa shape index (κ1) is 11.5. The molecule has 0 bridgehead atoms. The largest absolute Gasteiger partial charge is 0.398 e. The van der Waals surface area contributed by atoms with Crippen LogP contribution in [0, 0.1) is 0 Å². The van der Waals surface area contributed by atoms with Crippen molar-refractivity contribution in [1.29, 1.82) is 0 Å². The average Bonchev–Trinajstić information content (AvgIpc) is 1.94. The van der Waals surface area contributed by atoms with Gasteiger partial charge in [0.2, 0.25) is 0 Å². The van der Waals surface area contributed by atoms with E-state index in [-0.39, 0.29) is 23.7 Å². The zero-order valence-corrected chi connectivity index (χ0v) is 7.50. The highest BCUT2D eigenvalue weighted by atomic mass is 35.5. The number of anilines is 1. The molecule has 0 fully saturated rings. The van der Waals surface area contributed by atoms with Crippen molar-refractivity contribution in [2.45, 2.75) is 6.43 Å². The fourth-order valence-corrected chi connectivity index (χ4v) is 0.816. The second-order valence-corrected chi connectivity index (χ2v) is 2.49. The molecule has 0 spiro atoms. The van der Waals surface area contributed by atoms with E-state index in [4.69, 9.17) is 17.3 Å². The third kappa shape index (κ3) is 2.50. The molecule has 1 rings (SSSR count). The van der Waals surface area contributed by atoms with Crippen LogP contribution < -0.4 is 5.73 Å². The minimum atomic E-state index is -2.49. The van der Waals surface area contributed by atoms with Crippen LogP contribution in [0.4, 0.5) is 14.5 Å². The van der Waals surface area contributed by atoms with Gasteiger partial charge in [0, 0.05) is 5.56 Å². The number of nitrogen functional groups attached to an aromatic ring is 1. The summed E-state index contributed by atoms with van der Waals surface area (Å²) in [6, 6.07) is 3.79. The fraction of sp³-hybridized carbons (Fsp3) is 0.143. The molecule has 0 atom stereocenters. The maximum absolute atomic E-state index is 12.0. The molecule has 0 aliphatic carbocycles. The normalized spacial score (nSPS) is 9.67. The molecule has 0 unspecified atom stereocenters. The molecule has 1 aromatic carbocycles. The Kier molecular flexibility index (Phi) is 4.28. The smallest absolute Gasteiger partial charge is 0.263 e. The van der Waals surface area contributed by atoms with Gasteiger partial charge in [0.25, 0.3) is 6.43 Å². The molecule has 12 heavy (non-hydrogen) atoms. The van der Waals surface area contributed by atoms with Crippen LogP contribution in [-0.2, 0) is 0 Å². The number of halogens is 4. The Labute approximate surface area is 79.9 Å². The van der Waals surface area contributed by atoms with E-state index in [0.717, 1.165) is 0 Å². The van der Waals surface area contributed by atoms with Crippen LogP contribution >= 0.6 is 24.0 Å². The van der Waals surface area contributed by atoms with Crippen LogP contribution in [0.25, 0.3) is 0 Å². The molecule has 0 saturated carbocycles. The first-order valence-corrected chi connectivity index (χ1v) is 3.32. The number of nitrogens with two attached hydrogens (primary N) is 1. The highest BCUT2D eigenvalue weighted by Crippen LogP contribution is 2.25. The molecule has 68 valence electrons. The molecule has 0 aliphatic rings. The van der Waals surface area contributed by atoms with Gasteiger partial charge in [-0.25, -0.2) is 8.78 Å². The Balaban J connectivity index is 0.00000121. The van der Waals surface area contributed by atoms with Crippen molar-refractivity contribution >= 4 is 29.7 Å². The Bertz CT molecular complexity index is 266. The summed E-state index contributed by atoms with van der Waals surface area (Å²) in [5.74, 6) is 0. The van der Waals surface area contributed by atoms with Crippen molar-refractivity contribution in [1.82, 2.24) is 0 Å². The number of hydrogen-bond acceptors (Lipinski definition) is 1. The second kappa shape index (κ2) is 4.48. The average molecular weight is 214 g/mol. The molecule has 0 heterocycles. The van der Waals surface area contributed by atoms with Crippen molar-refractivity contribution in [3.63, 3.8) is 0 Å². The van der Waals surface area contributed by atoms with Crippen LogP contribution in [0.3, 0.4) is 0 Å². The SMILES string of the molecule is Cl.Nc1cc(C(F)F)ccc1Cl. The topological polar surface area (TPSA) is 26.0 Å². The minimum absolute atomic E-state index is 0. The maximum Gasteiger partial charge on any atom is 0.263 e. The quantitative estimate of drug-likeness (QED) is 0.713. The van der Waals surface area contributed by atoms with Gasteiger partial charge in [-0.2, -0.15) is 0 Å². The van der Waals surface area contributed by atoms with Crippen molar-refractivity contribution in [3.8, 4) is 0 Å². The summed E-state index contributed by atoms with van der Waals surface area (Å²) in [5, 5.41) is 0.300. The molecule has 0 amide bonds. The molecule has 0 saturated heterocycles. The summed E-state index contributed by atoms with van der Waals surface area (Å²) in [7, 11) is 0. The first-order chi connectivity index (χ1) is 5.11. The van der Waals surface area contributed by atoms with E-state index < -0.39 is 6.43 Å². The summed E-state index contributed by atoms with van der Waals surface area (Å²) in [4.78, 5) is 0. The third-order valence-corrected chi connectivity index (χ3v) is 1.62. The van der Waals surface area contributed by atoms with E-state index >= 15 is 0 Å². The van der Waals surface area contributed by atoms with E-state index in [2.05, 4.69) is 0 Å². The molecule has 0 aromatic heterocycles. The highest BCUT2D eigenvalue weighted by Gasteiger charge is 2.07. The number of alkyl halides is 2. The van der Waals surface area contributed by atoms with Gasteiger partial charge in [-0.1, -0.05) is 17.7 Å².